The summed E-state index contributed by atoms with van der Waals surface area (Å²) in [5.74, 6) is 2.54. The number of anilines is 1. The summed E-state index contributed by atoms with van der Waals surface area (Å²) in [7, 11) is 0. The van der Waals surface area contributed by atoms with E-state index in [1.807, 2.05) is 0 Å². The Morgan fingerprint density at radius 3 is 2.59 bits per heavy atom. The van der Waals surface area contributed by atoms with Crippen molar-refractivity contribution in [1.82, 2.24) is 5.32 Å². The van der Waals surface area contributed by atoms with Crippen molar-refractivity contribution in [3.63, 3.8) is 0 Å². The average molecular weight is 509 g/mol. The lowest BCUT2D eigenvalue weighted by Gasteiger charge is -2.49. The van der Waals surface area contributed by atoms with Crippen LogP contribution in [0.2, 0.25) is 0 Å². The number of ether oxygens (including phenoxy) is 2. The van der Waals surface area contributed by atoms with Crippen molar-refractivity contribution in [1.29, 1.82) is 0 Å². The molecule has 0 radical (unpaired) electrons. The van der Waals surface area contributed by atoms with Gasteiger partial charge in [0, 0.05) is 23.6 Å². The molecule has 0 unspecified atom stereocenters. The van der Waals surface area contributed by atoms with E-state index in [0.717, 1.165) is 43.2 Å². The lowest BCUT2D eigenvalue weighted by Crippen LogP contribution is -2.58. The van der Waals surface area contributed by atoms with E-state index < -0.39 is 0 Å². The van der Waals surface area contributed by atoms with Crippen molar-refractivity contribution in [2.75, 3.05) is 51.3 Å². The standard InChI is InChI=1S/C30H41N3O4/c1-30(2,31-12-8-24-18-25(34)19-27-29(24)37-21-28(35)32-27)20-23-4-6-26(7-5-23)36-17-3-13-33-14-9-22(10-15-33)11-16-33/h4-7,18-19,22,31H,3,8-17,20-21H2,1-2H3,(H-,32,34,35)/p+1. The van der Waals surface area contributed by atoms with Crippen LogP contribution in [0.15, 0.2) is 36.4 Å². The number of hydrogen-bond donors (Lipinski definition) is 3. The van der Waals surface area contributed by atoms with Crippen LogP contribution in [0.25, 0.3) is 0 Å². The van der Waals surface area contributed by atoms with E-state index in [1.54, 1.807) is 6.07 Å². The number of carbonyl (C=O) groups excluding carboxylic acids is 1. The third-order valence-electron chi connectivity index (χ3n) is 8.42. The fourth-order valence-electron chi connectivity index (χ4n) is 6.32. The minimum absolute atomic E-state index is 0.00376. The van der Waals surface area contributed by atoms with Gasteiger partial charge in [0.15, 0.2) is 6.61 Å². The first-order valence-electron chi connectivity index (χ1n) is 13.9. The molecule has 2 bridgehead atoms. The largest absolute Gasteiger partial charge is 0.508 e. The van der Waals surface area contributed by atoms with E-state index in [0.29, 0.717) is 17.9 Å². The number of piperidine rings is 3. The molecule has 4 aliphatic rings. The third kappa shape index (κ3) is 6.57. The molecule has 6 rings (SSSR count). The zero-order chi connectivity index (χ0) is 25.9. The number of nitrogens with one attached hydrogen (secondary N) is 2. The topological polar surface area (TPSA) is 79.8 Å². The van der Waals surface area contributed by atoms with Crippen molar-refractivity contribution in [3.8, 4) is 17.2 Å². The molecule has 3 N–H and O–H groups in total. The number of benzene rings is 2. The molecular weight excluding hydrogens is 466 g/mol. The summed E-state index contributed by atoms with van der Waals surface area (Å²) in [6.07, 6.45) is 6.99. The molecule has 4 aliphatic heterocycles. The van der Waals surface area contributed by atoms with Gasteiger partial charge < -0.3 is 29.7 Å². The molecule has 200 valence electrons. The van der Waals surface area contributed by atoms with E-state index in [1.165, 1.54) is 61.6 Å². The molecule has 2 aromatic rings. The highest BCUT2D eigenvalue weighted by molar-refractivity contribution is 5.96. The maximum atomic E-state index is 11.6. The molecule has 0 atom stereocenters. The van der Waals surface area contributed by atoms with Crippen molar-refractivity contribution >= 4 is 11.6 Å². The van der Waals surface area contributed by atoms with Crippen molar-refractivity contribution in [3.05, 3.63) is 47.5 Å². The molecule has 0 aromatic heterocycles. The van der Waals surface area contributed by atoms with Gasteiger partial charge in [-0.05, 0) is 82.2 Å². The minimum Gasteiger partial charge on any atom is -0.508 e. The Kier molecular flexibility index (Phi) is 7.63. The van der Waals surface area contributed by atoms with Crippen LogP contribution >= 0.6 is 0 Å². The SMILES string of the molecule is CC(C)(Cc1ccc(OCCC[N+]23CCC(CC2)CC3)cc1)NCCc1cc(O)cc2c1OCC(=O)N2. The van der Waals surface area contributed by atoms with Crippen LogP contribution in [-0.4, -0.2) is 67.0 Å². The summed E-state index contributed by atoms with van der Waals surface area (Å²) in [5, 5.41) is 16.4. The number of phenolic OH excluding ortho intramolecular Hbond substituents is 1. The number of aromatic hydroxyl groups is 1. The highest BCUT2D eigenvalue weighted by Crippen LogP contribution is 2.36. The number of carbonyl (C=O) groups is 1. The van der Waals surface area contributed by atoms with Crippen molar-refractivity contribution < 1.29 is 23.9 Å². The van der Waals surface area contributed by atoms with Gasteiger partial charge in [0.25, 0.3) is 5.91 Å². The summed E-state index contributed by atoms with van der Waals surface area (Å²) < 4.78 is 13.0. The lowest BCUT2D eigenvalue weighted by atomic mass is 9.85. The first kappa shape index (κ1) is 25.9. The van der Waals surface area contributed by atoms with Crippen LogP contribution in [0.5, 0.6) is 17.2 Å². The van der Waals surface area contributed by atoms with Crippen LogP contribution in [0.1, 0.15) is 50.7 Å². The molecular formula is C30H42N3O4+. The number of phenols is 1. The molecule has 0 aliphatic carbocycles. The average Bonchev–Trinajstić information content (AvgIpc) is 2.88. The second-order valence-corrected chi connectivity index (χ2v) is 11.9. The maximum absolute atomic E-state index is 11.6. The fraction of sp³-hybridized carbons (Fsp3) is 0.567. The van der Waals surface area contributed by atoms with Crippen LogP contribution < -0.4 is 20.1 Å². The molecule has 7 nitrogen and oxygen atoms in total. The van der Waals surface area contributed by atoms with E-state index in [-0.39, 0.29) is 23.8 Å². The Labute approximate surface area is 220 Å². The van der Waals surface area contributed by atoms with Gasteiger partial charge in [-0.15, -0.1) is 0 Å². The summed E-state index contributed by atoms with van der Waals surface area (Å²) in [4.78, 5) is 11.6. The molecule has 2 aromatic carbocycles. The van der Waals surface area contributed by atoms with Crippen LogP contribution in [0.4, 0.5) is 5.69 Å². The van der Waals surface area contributed by atoms with Gasteiger partial charge in [-0.1, -0.05) is 12.1 Å². The van der Waals surface area contributed by atoms with Crippen LogP contribution in [-0.2, 0) is 17.6 Å². The number of quaternary nitrogens is 1. The minimum atomic E-state index is -0.204. The highest BCUT2D eigenvalue weighted by Gasteiger charge is 2.39. The third-order valence-corrected chi connectivity index (χ3v) is 8.42. The summed E-state index contributed by atoms with van der Waals surface area (Å²) in [6.45, 7) is 11.3. The molecule has 37 heavy (non-hydrogen) atoms. The quantitative estimate of drug-likeness (QED) is 0.312. The van der Waals surface area contributed by atoms with Crippen molar-refractivity contribution in [2.45, 2.75) is 57.9 Å². The number of fused-ring (bicyclic) bond motifs is 4. The summed E-state index contributed by atoms with van der Waals surface area (Å²) >= 11 is 0. The Bertz CT molecular complexity index is 1080. The van der Waals surface area contributed by atoms with Crippen LogP contribution in [0.3, 0.4) is 0 Å². The van der Waals surface area contributed by atoms with E-state index in [2.05, 4.69) is 48.7 Å². The Balaban J connectivity index is 1.06. The van der Waals surface area contributed by atoms with E-state index in [9.17, 15) is 9.90 Å². The first-order valence-corrected chi connectivity index (χ1v) is 13.9. The molecule has 1 amide bonds. The van der Waals surface area contributed by atoms with Crippen molar-refractivity contribution in [2.24, 2.45) is 5.92 Å². The van der Waals surface area contributed by atoms with Crippen LogP contribution in [0, 0.1) is 5.92 Å². The van der Waals surface area contributed by atoms with E-state index in [4.69, 9.17) is 9.47 Å². The predicted octanol–water partition coefficient (Wildman–Crippen LogP) is 4.28. The predicted molar refractivity (Wildman–Crippen MR) is 145 cm³/mol. The number of nitrogens with zero attached hydrogens (tertiary/aromatic N) is 1. The number of amides is 1. The van der Waals surface area contributed by atoms with Gasteiger partial charge in [0.1, 0.15) is 17.2 Å². The Morgan fingerprint density at radius 1 is 1.14 bits per heavy atom. The van der Waals surface area contributed by atoms with Gasteiger partial charge in [-0.3, -0.25) is 4.79 Å². The van der Waals surface area contributed by atoms with Gasteiger partial charge >= 0.3 is 0 Å². The maximum Gasteiger partial charge on any atom is 0.262 e. The second-order valence-electron chi connectivity index (χ2n) is 11.9. The number of rotatable bonds is 11. The second kappa shape index (κ2) is 10.9. The Hall–Kier alpha value is -2.77. The zero-order valence-corrected chi connectivity index (χ0v) is 22.4. The molecule has 3 fully saturated rings. The molecule has 0 spiro atoms. The Morgan fingerprint density at radius 2 is 1.86 bits per heavy atom. The van der Waals surface area contributed by atoms with Gasteiger partial charge in [0.2, 0.25) is 0 Å². The summed E-state index contributed by atoms with van der Waals surface area (Å²) in [6, 6.07) is 11.8. The van der Waals surface area contributed by atoms with Gasteiger partial charge in [0.05, 0.1) is 38.5 Å². The lowest BCUT2D eigenvalue weighted by molar-refractivity contribution is -0.942. The monoisotopic (exact) mass is 508 g/mol. The molecule has 0 saturated carbocycles. The van der Waals surface area contributed by atoms with Gasteiger partial charge in [-0.25, -0.2) is 0 Å². The fourth-order valence-corrected chi connectivity index (χ4v) is 6.32. The molecule has 7 heteroatoms. The highest BCUT2D eigenvalue weighted by atomic mass is 16.5. The zero-order valence-electron chi connectivity index (χ0n) is 22.4. The summed E-state index contributed by atoms with van der Waals surface area (Å²) in [5.41, 5.74) is 2.58. The number of hydrogen-bond acceptors (Lipinski definition) is 5. The van der Waals surface area contributed by atoms with Gasteiger partial charge in [-0.2, -0.15) is 0 Å². The normalized spacial score (nSPS) is 22.8. The molecule has 3 saturated heterocycles. The first-order chi connectivity index (χ1) is 17.8. The molecule has 4 heterocycles. The van der Waals surface area contributed by atoms with E-state index >= 15 is 0 Å². The smallest absolute Gasteiger partial charge is 0.262 e.